The third-order valence-electron chi connectivity index (χ3n) is 9.75. The second-order valence-electron chi connectivity index (χ2n) is 12.2. The number of hydrogen-bond donors (Lipinski definition) is 4. The Hall–Kier alpha value is -4.50. The van der Waals surface area contributed by atoms with Crippen molar-refractivity contribution >= 4 is 23.9 Å². The molecule has 8 atom stereocenters. The average Bonchev–Trinajstić information content (AvgIpc) is 3.42. The molecule has 47 heavy (non-hydrogen) atoms. The van der Waals surface area contributed by atoms with Crippen molar-refractivity contribution < 1.29 is 63.3 Å². The number of likely N-dealkylation sites (tertiary alicyclic amines) is 1. The number of ether oxygens (including phenoxy) is 5. The standard InChI is InChI=1S/C33H35NO13/c1-16(28(37)38)44-31(41)25(17-7-5-4-6-8-17)47-30(40)24(36)23(35)29(39)45-20-11-12-33(42)21-15-18-9-10-19(43-3)26-22(18)32(33,27(20)46-26)13-14-34(21)2/h4-11,16,21,23-25,27,35-36,42H,12-15H2,1-3H3,(H,37,38)/t16-,21-,23+,24+,25-,27+,32+,33-/m0/s1. The van der Waals surface area contributed by atoms with Crippen molar-refractivity contribution in [2.24, 2.45) is 0 Å². The van der Waals surface area contributed by atoms with Crippen LogP contribution in [0.25, 0.3) is 0 Å². The van der Waals surface area contributed by atoms with Crippen molar-refractivity contribution in [1.29, 1.82) is 0 Å². The Bertz CT molecular complexity index is 1640. The van der Waals surface area contributed by atoms with E-state index < -0.39 is 65.4 Å². The van der Waals surface area contributed by atoms with Gasteiger partial charge in [-0.05, 0) is 51.1 Å². The van der Waals surface area contributed by atoms with Crippen LogP contribution >= 0.6 is 0 Å². The molecule has 2 heterocycles. The number of nitrogens with zero attached hydrogens (tertiary/aromatic N) is 1. The number of esters is 3. The van der Waals surface area contributed by atoms with E-state index in [1.54, 1.807) is 12.1 Å². The van der Waals surface area contributed by atoms with E-state index in [-0.39, 0.29) is 23.8 Å². The second kappa shape index (κ2) is 11.9. The Morgan fingerprint density at radius 3 is 2.38 bits per heavy atom. The summed E-state index contributed by atoms with van der Waals surface area (Å²) in [6.07, 6.45) is -6.72. The summed E-state index contributed by atoms with van der Waals surface area (Å²) in [4.78, 5) is 52.2. The third kappa shape index (κ3) is 5.03. The summed E-state index contributed by atoms with van der Waals surface area (Å²) in [6, 6.07) is 10.9. The maximum Gasteiger partial charge on any atom is 0.353 e. The number of carbonyl (C=O) groups is 4. The highest BCUT2D eigenvalue weighted by atomic mass is 16.6. The minimum atomic E-state index is -2.51. The van der Waals surface area contributed by atoms with Crippen molar-refractivity contribution in [2.45, 2.75) is 73.8 Å². The van der Waals surface area contributed by atoms with Crippen LogP contribution in [0.3, 0.4) is 0 Å². The van der Waals surface area contributed by atoms with Crippen LogP contribution in [0.1, 0.15) is 42.6 Å². The van der Waals surface area contributed by atoms with Crippen molar-refractivity contribution in [3.05, 3.63) is 71.0 Å². The molecule has 0 saturated carbocycles. The molecule has 4 aliphatic rings. The van der Waals surface area contributed by atoms with Gasteiger partial charge in [-0.1, -0.05) is 36.4 Å². The second-order valence-corrected chi connectivity index (χ2v) is 12.2. The van der Waals surface area contributed by atoms with Gasteiger partial charge in [0, 0.05) is 23.6 Å². The van der Waals surface area contributed by atoms with Crippen LogP contribution < -0.4 is 9.47 Å². The van der Waals surface area contributed by atoms with Crippen LogP contribution in [-0.2, 0) is 45.2 Å². The van der Waals surface area contributed by atoms with E-state index >= 15 is 0 Å². The highest BCUT2D eigenvalue weighted by molar-refractivity contribution is 5.88. The molecule has 14 nitrogen and oxygen atoms in total. The van der Waals surface area contributed by atoms with Gasteiger partial charge >= 0.3 is 23.9 Å². The lowest BCUT2D eigenvalue weighted by Gasteiger charge is -2.61. The first-order chi connectivity index (χ1) is 22.3. The summed E-state index contributed by atoms with van der Waals surface area (Å²) in [6.45, 7) is 1.72. The molecular formula is C33H35NO13. The number of benzene rings is 2. The van der Waals surface area contributed by atoms with Crippen LogP contribution in [0.2, 0.25) is 0 Å². The van der Waals surface area contributed by atoms with E-state index in [1.165, 1.54) is 37.5 Å². The molecule has 2 aliphatic carbocycles. The number of likely N-dealkylation sites (N-methyl/N-ethyl adjacent to an activating group) is 1. The third-order valence-corrected chi connectivity index (χ3v) is 9.75. The van der Waals surface area contributed by atoms with Gasteiger partial charge in [0.15, 0.2) is 35.9 Å². The summed E-state index contributed by atoms with van der Waals surface area (Å²) in [7, 11) is 3.44. The number of methoxy groups -OCH3 is 1. The van der Waals surface area contributed by atoms with Gasteiger partial charge in [-0.25, -0.2) is 19.2 Å². The highest BCUT2D eigenvalue weighted by Crippen LogP contribution is 2.65. The Balaban J connectivity index is 1.22. The molecule has 1 spiro atoms. The molecule has 2 aromatic rings. The lowest BCUT2D eigenvalue weighted by molar-refractivity contribution is -0.186. The first kappa shape index (κ1) is 32.4. The SMILES string of the molecule is COc1ccc2c3c1O[C@@H]1C(OC(=O)[C@H](O)[C@@H](O)C(=O)O[C@H](C(=O)O[C@@H](C)C(=O)O)c4ccccc4)=CC[C@]4(O)[C@H](C2)N(C)CC[C@@]314. The fourth-order valence-electron chi connectivity index (χ4n) is 7.37. The molecule has 0 unspecified atom stereocenters. The Kier molecular flexibility index (Phi) is 8.24. The average molecular weight is 654 g/mol. The largest absolute Gasteiger partial charge is 0.493 e. The van der Waals surface area contributed by atoms with E-state index in [2.05, 4.69) is 4.90 Å². The summed E-state index contributed by atoms with van der Waals surface area (Å²) < 4.78 is 27.5. The maximum absolute atomic E-state index is 13.2. The molecule has 2 aliphatic heterocycles. The smallest absolute Gasteiger partial charge is 0.353 e. The van der Waals surface area contributed by atoms with Crippen LogP contribution in [0.15, 0.2) is 54.3 Å². The Morgan fingerprint density at radius 2 is 1.70 bits per heavy atom. The molecule has 2 aromatic carbocycles. The van der Waals surface area contributed by atoms with Gasteiger partial charge in [-0.15, -0.1) is 0 Å². The first-order valence-electron chi connectivity index (χ1n) is 15.1. The van der Waals surface area contributed by atoms with Gasteiger partial charge in [-0.3, -0.25) is 0 Å². The van der Waals surface area contributed by atoms with Crippen LogP contribution in [-0.4, -0.2) is 106 Å². The van der Waals surface area contributed by atoms with Crippen LogP contribution in [0, 0.1) is 0 Å². The van der Waals surface area contributed by atoms with Crippen LogP contribution in [0.4, 0.5) is 0 Å². The minimum absolute atomic E-state index is 0.0119. The normalized spacial score (nSPS) is 27.9. The first-order valence-corrected chi connectivity index (χ1v) is 15.1. The summed E-state index contributed by atoms with van der Waals surface area (Å²) in [5, 5.41) is 42.8. The Labute approximate surface area is 269 Å². The predicted molar refractivity (Wildman–Crippen MR) is 158 cm³/mol. The zero-order chi connectivity index (χ0) is 33.8. The maximum atomic E-state index is 13.2. The van der Waals surface area contributed by atoms with Gasteiger partial charge in [0.2, 0.25) is 6.10 Å². The van der Waals surface area contributed by atoms with Crippen molar-refractivity contribution in [3.8, 4) is 11.5 Å². The minimum Gasteiger partial charge on any atom is -0.493 e. The zero-order valence-electron chi connectivity index (χ0n) is 25.8. The van der Waals surface area contributed by atoms with Gasteiger partial charge in [0.05, 0.1) is 18.1 Å². The molecule has 6 rings (SSSR count). The fraction of sp³-hybridized carbons (Fsp3) is 0.455. The summed E-state index contributed by atoms with van der Waals surface area (Å²) in [5.41, 5.74) is -0.449. The van der Waals surface area contributed by atoms with Crippen molar-refractivity contribution in [1.82, 2.24) is 4.90 Å². The number of piperidine rings is 1. The molecule has 0 amide bonds. The molecule has 250 valence electrons. The molecular weight excluding hydrogens is 618 g/mol. The summed E-state index contributed by atoms with van der Waals surface area (Å²) in [5.74, 6) is -4.81. The van der Waals surface area contributed by atoms with E-state index in [1.807, 2.05) is 13.1 Å². The molecule has 2 bridgehead atoms. The van der Waals surface area contributed by atoms with Crippen molar-refractivity contribution in [2.75, 3.05) is 20.7 Å². The number of aliphatic hydroxyl groups excluding tert-OH is 2. The van der Waals surface area contributed by atoms with Crippen LogP contribution in [0.5, 0.6) is 11.5 Å². The van der Waals surface area contributed by atoms with Gasteiger partial charge in [0.25, 0.3) is 0 Å². The van der Waals surface area contributed by atoms with Gasteiger partial charge < -0.3 is 49.0 Å². The molecule has 0 radical (unpaired) electrons. The molecule has 1 fully saturated rings. The van der Waals surface area contributed by atoms with Crippen molar-refractivity contribution in [3.63, 3.8) is 0 Å². The molecule has 14 heteroatoms. The zero-order valence-corrected chi connectivity index (χ0v) is 25.8. The lowest BCUT2D eigenvalue weighted by atomic mass is 9.50. The Morgan fingerprint density at radius 1 is 1.00 bits per heavy atom. The summed E-state index contributed by atoms with van der Waals surface area (Å²) >= 11 is 0. The fourth-order valence-corrected chi connectivity index (χ4v) is 7.37. The number of aliphatic hydroxyl groups is 3. The van der Waals surface area contributed by atoms with E-state index in [9.17, 15) is 34.5 Å². The number of aliphatic carboxylic acids is 1. The quantitative estimate of drug-likeness (QED) is 0.205. The number of hydrogen-bond acceptors (Lipinski definition) is 13. The predicted octanol–water partition coefficient (Wildman–Crippen LogP) is 0.539. The molecule has 0 aromatic heterocycles. The van der Waals surface area contributed by atoms with E-state index in [4.69, 9.17) is 28.8 Å². The van der Waals surface area contributed by atoms with Gasteiger partial charge in [-0.2, -0.15) is 0 Å². The monoisotopic (exact) mass is 653 g/mol. The van der Waals surface area contributed by atoms with E-state index in [0.717, 1.165) is 18.1 Å². The number of carboxylic acids is 1. The van der Waals surface area contributed by atoms with Gasteiger partial charge in [0.1, 0.15) is 5.76 Å². The van der Waals surface area contributed by atoms with E-state index in [0.29, 0.717) is 30.9 Å². The number of carbonyl (C=O) groups excluding carboxylic acids is 3. The molecule has 1 saturated heterocycles. The lowest BCUT2D eigenvalue weighted by Crippen LogP contribution is -2.74. The topological polar surface area (TPSA) is 199 Å². The highest BCUT2D eigenvalue weighted by Gasteiger charge is 2.72. The number of rotatable bonds is 10. The number of carboxylic acid groups (broad SMARTS) is 1. The molecule has 4 N–H and O–H groups in total.